The number of carbonyl (C=O) groups is 1. The quantitative estimate of drug-likeness (QED) is 0.433. The number of ether oxygens (including phenoxy) is 1. The molecule has 1 unspecified atom stereocenters. The molecule has 10 heteroatoms. The zero-order valence-corrected chi connectivity index (χ0v) is 13.0. The van der Waals surface area contributed by atoms with Crippen LogP contribution in [-0.4, -0.2) is 33.8 Å². The fourth-order valence-electron chi connectivity index (χ4n) is 2.39. The molecule has 23 heavy (non-hydrogen) atoms. The van der Waals surface area contributed by atoms with Gasteiger partial charge in [-0.3, -0.25) is 19.6 Å². The second-order valence-corrected chi connectivity index (χ2v) is 4.96. The monoisotopic (exact) mass is 337 g/mol. The first-order chi connectivity index (χ1) is 10.6. The van der Waals surface area contributed by atoms with Gasteiger partial charge in [0.15, 0.2) is 0 Å². The lowest BCUT2D eigenvalue weighted by Crippen LogP contribution is -2.29. The van der Waals surface area contributed by atoms with Gasteiger partial charge in [0, 0.05) is 12.0 Å². The van der Waals surface area contributed by atoms with E-state index >= 15 is 0 Å². The molecule has 0 spiro atoms. The third-order valence-electron chi connectivity index (χ3n) is 3.43. The zero-order chi connectivity index (χ0) is 17.8. The lowest BCUT2D eigenvalue weighted by atomic mass is 9.87. The van der Waals surface area contributed by atoms with E-state index in [1.165, 1.54) is 0 Å². The fraction of sp³-hybridized carbons (Fsp3) is 0.692. The molecule has 1 heterocycles. The maximum atomic E-state index is 12.9. The highest BCUT2D eigenvalue weighted by Gasteiger charge is 2.39. The molecule has 1 aromatic rings. The van der Waals surface area contributed by atoms with E-state index in [1.54, 1.807) is 13.8 Å². The summed E-state index contributed by atoms with van der Waals surface area (Å²) < 4.78 is 44.1. The first-order valence-electron chi connectivity index (χ1n) is 7.01. The van der Waals surface area contributed by atoms with Crippen LogP contribution >= 0.6 is 0 Å². The predicted octanol–water partition coefficient (Wildman–Crippen LogP) is 2.39. The Kier molecular flexibility index (Phi) is 6.11. The molecule has 0 aromatic carbocycles. The molecule has 130 valence electrons. The summed E-state index contributed by atoms with van der Waals surface area (Å²) in [5.74, 6) is -2.70. The summed E-state index contributed by atoms with van der Waals surface area (Å²) >= 11 is 0. The number of nitrogens with zero attached hydrogens (tertiary/aromatic N) is 3. The smallest absolute Gasteiger partial charge is 0.433 e. The van der Waals surface area contributed by atoms with Gasteiger partial charge in [-0.25, -0.2) is 0 Å². The van der Waals surface area contributed by atoms with Crippen LogP contribution in [0.2, 0.25) is 0 Å². The maximum Gasteiger partial charge on any atom is 0.433 e. The van der Waals surface area contributed by atoms with Crippen molar-refractivity contribution in [3.63, 3.8) is 0 Å². The van der Waals surface area contributed by atoms with Gasteiger partial charge >= 0.3 is 12.1 Å². The van der Waals surface area contributed by atoms with Gasteiger partial charge in [-0.1, -0.05) is 6.92 Å². The summed E-state index contributed by atoms with van der Waals surface area (Å²) in [5.41, 5.74) is -1.17. The van der Waals surface area contributed by atoms with Gasteiger partial charge in [0.2, 0.25) is 6.54 Å². The SMILES string of the molecule is CCOC(=O)C(CC)[C@H](C[N+](=O)[O-])c1cc(C(F)(F)F)n(C)n1. The topological polar surface area (TPSA) is 87.3 Å². The summed E-state index contributed by atoms with van der Waals surface area (Å²) in [4.78, 5) is 22.2. The van der Waals surface area contributed by atoms with Crippen molar-refractivity contribution in [1.29, 1.82) is 0 Å². The average molecular weight is 337 g/mol. The van der Waals surface area contributed by atoms with Crippen molar-refractivity contribution in [1.82, 2.24) is 9.78 Å². The molecule has 7 nitrogen and oxygen atoms in total. The van der Waals surface area contributed by atoms with Crippen molar-refractivity contribution in [3.8, 4) is 0 Å². The van der Waals surface area contributed by atoms with E-state index in [4.69, 9.17) is 4.74 Å². The van der Waals surface area contributed by atoms with Gasteiger partial charge in [0.1, 0.15) is 5.69 Å². The van der Waals surface area contributed by atoms with Crippen molar-refractivity contribution in [2.75, 3.05) is 13.2 Å². The van der Waals surface area contributed by atoms with Crippen LogP contribution in [0.15, 0.2) is 6.07 Å². The van der Waals surface area contributed by atoms with Crippen LogP contribution in [0.1, 0.15) is 37.6 Å². The average Bonchev–Trinajstić information content (AvgIpc) is 2.80. The molecule has 0 aliphatic carbocycles. The first-order valence-corrected chi connectivity index (χ1v) is 7.01. The van der Waals surface area contributed by atoms with Gasteiger partial charge in [0.05, 0.1) is 24.1 Å². The van der Waals surface area contributed by atoms with E-state index in [0.717, 1.165) is 13.1 Å². The Morgan fingerprint density at radius 3 is 2.48 bits per heavy atom. The number of aryl methyl sites for hydroxylation is 1. The van der Waals surface area contributed by atoms with Gasteiger partial charge in [-0.2, -0.15) is 18.3 Å². The van der Waals surface area contributed by atoms with Gasteiger partial charge in [-0.05, 0) is 19.4 Å². The highest BCUT2D eigenvalue weighted by Crippen LogP contribution is 2.34. The molecular weight excluding hydrogens is 319 g/mol. The van der Waals surface area contributed by atoms with Crippen molar-refractivity contribution < 1.29 is 27.6 Å². The molecule has 1 aromatic heterocycles. The van der Waals surface area contributed by atoms with Crippen molar-refractivity contribution in [2.45, 2.75) is 32.4 Å². The largest absolute Gasteiger partial charge is 0.466 e. The minimum absolute atomic E-state index is 0.0799. The molecule has 0 bridgehead atoms. The van der Waals surface area contributed by atoms with E-state index in [2.05, 4.69) is 5.10 Å². The van der Waals surface area contributed by atoms with Gasteiger partial charge in [-0.15, -0.1) is 0 Å². The Labute approximate surface area is 130 Å². The van der Waals surface area contributed by atoms with Crippen LogP contribution in [0, 0.1) is 16.0 Å². The number of esters is 1. The van der Waals surface area contributed by atoms with E-state index in [1.807, 2.05) is 0 Å². The molecule has 0 amide bonds. The number of rotatable bonds is 7. The Hall–Kier alpha value is -2.13. The molecule has 2 atom stereocenters. The minimum Gasteiger partial charge on any atom is -0.466 e. The lowest BCUT2D eigenvalue weighted by Gasteiger charge is -2.19. The molecular formula is C13H18F3N3O4. The van der Waals surface area contributed by atoms with E-state index in [9.17, 15) is 28.1 Å². The first kappa shape index (κ1) is 18.9. The van der Waals surface area contributed by atoms with E-state index in [0.29, 0.717) is 4.68 Å². The van der Waals surface area contributed by atoms with Crippen molar-refractivity contribution in [3.05, 3.63) is 27.6 Å². The summed E-state index contributed by atoms with van der Waals surface area (Å²) in [6.07, 6.45) is -4.44. The molecule has 0 radical (unpaired) electrons. The standard InChI is InChI=1S/C13H18F3N3O4/c1-4-8(12(20)23-5-2)9(7-19(21)22)10-6-11(13(14,15)16)18(3)17-10/h6,8-9H,4-5,7H2,1-3H3/t8?,9-/m0/s1. The highest BCUT2D eigenvalue weighted by atomic mass is 19.4. The predicted molar refractivity (Wildman–Crippen MR) is 73.2 cm³/mol. The molecule has 0 saturated carbocycles. The molecule has 0 N–H and O–H groups in total. The number of alkyl halides is 3. The van der Waals surface area contributed by atoms with Gasteiger partial charge in [0.25, 0.3) is 0 Å². The number of carbonyl (C=O) groups excluding carboxylic acids is 1. The molecule has 0 aliphatic heterocycles. The number of hydrogen-bond donors (Lipinski definition) is 0. The number of hydrogen-bond acceptors (Lipinski definition) is 5. The molecule has 0 aliphatic rings. The number of halogens is 3. The highest BCUT2D eigenvalue weighted by molar-refractivity contribution is 5.73. The van der Waals surface area contributed by atoms with Crippen molar-refractivity contribution >= 4 is 5.97 Å². The zero-order valence-electron chi connectivity index (χ0n) is 13.0. The van der Waals surface area contributed by atoms with E-state index in [-0.39, 0.29) is 18.7 Å². The summed E-state index contributed by atoms with van der Waals surface area (Å²) in [7, 11) is 1.10. The minimum atomic E-state index is -4.63. The van der Waals surface area contributed by atoms with E-state index < -0.39 is 41.1 Å². The van der Waals surface area contributed by atoms with Gasteiger partial charge < -0.3 is 4.74 Å². The van der Waals surface area contributed by atoms with Crippen LogP contribution in [0.5, 0.6) is 0 Å². The number of nitro groups is 1. The van der Waals surface area contributed by atoms with Crippen LogP contribution in [0.4, 0.5) is 13.2 Å². The third kappa shape index (κ3) is 4.67. The normalized spacial score (nSPS) is 14.3. The summed E-state index contributed by atoms with van der Waals surface area (Å²) in [6, 6.07) is 0.746. The van der Waals surface area contributed by atoms with Crippen molar-refractivity contribution in [2.24, 2.45) is 13.0 Å². The third-order valence-corrected chi connectivity index (χ3v) is 3.43. The molecule has 0 saturated heterocycles. The summed E-state index contributed by atoms with van der Waals surface area (Å²) in [6.45, 7) is 2.57. The lowest BCUT2D eigenvalue weighted by molar-refractivity contribution is -0.484. The fourth-order valence-corrected chi connectivity index (χ4v) is 2.39. The summed E-state index contributed by atoms with van der Waals surface area (Å²) in [5, 5.41) is 14.6. The second kappa shape index (κ2) is 7.42. The maximum absolute atomic E-state index is 12.9. The van der Waals surface area contributed by atoms with Crippen LogP contribution in [0.25, 0.3) is 0 Å². The van der Waals surface area contributed by atoms with Crippen LogP contribution < -0.4 is 0 Å². The Bertz CT molecular complexity index is 571. The Morgan fingerprint density at radius 2 is 2.09 bits per heavy atom. The van der Waals surface area contributed by atoms with Crippen LogP contribution in [-0.2, 0) is 22.8 Å². The Morgan fingerprint density at radius 1 is 1.48 bits per heavy atom. The molecule has 0 fully saturated rings. The number of aromatic nitrogens is 2. The molecule has 1 rings (SSSR count). The Balaban J connectivity index is 3.25. The second-order valence-electron chi connectivity index (χ2n) is 4.96. The van der Waals surface area contributed by atoms with Crippen LogP contribution in [0.3, 0.4) is 0 Å².